The molecule has 0 spiro atoms. The Kier molecular flexibility index (Phi) is 8.39. The third-order valence-corrected chi connectivity index (χ3v) is 3.18. The molecule has 4 N–H and O–H groups in total. The Bertz CT molecular complexity index is 521. The van der Waals surface area contributed by atoms with Crippen LogP contribution in [-0.4, -0.2) is 44.2 Å². The highest BCUT2D eigenvalue weighted by atomic mass is 35.5. The minimum absolute atomic E-state index is 0. The number of ether oxygens (including phenoxy) is 2. The summed E-state index contributed by atoms with van der Waals surface area (Å²) in [5, 5.41) is 5.99. The predicted molar refractivity (Wildman–Crippen MR) is 88.9 cm³/mol. The van der Waals surface area contributed by atoms with Crippen molar-refractivity contribution in [3.63, 3.8) is 0 Å². The number of halogens is 1. The van der Waals surface area contributed by atoms with Gasteiger partial charge in [0.1, 0.15) is 5.75 Å². The zero-order valence-electron chi connectivity index (χ0n) is 12.7. The molecule has 1 aliphatic heterocycles. The average molecular weight is 344 g/mol. The summed E-state index contributed by atoms with van der Waals surface area (Å²) < 4.78 is 11.0. The summed E-state index contributed by atoms with van der Waals surface area (Å²) in [5.74, 6) is -0.0529. The van der Waals surface area contributed by atoms with Crippen LogP contribution in [0.4, 0.5) is 5.69 Å². The first-order valence-electron chi connectivity index (χ1n) is 7.27. The predicted octanol–water partition coefficient (Wildman–Crippen LogP) is 0.680. The highest BCUT2D eigenvalue weighted by Gasteiger charge is 2.18. The summed E-state index contributed by atoms with van der Waals surface area (Å²) >= 11 is 0. The van der Waals surface area contributed by atoms with E-state index < -0.39 is 5.91 Å². The molecule has 1 unspecified atom stereocenters. The monoisotopic (exact) mass is 343 g/mol. The summed E-state index contributed by atoms with van der Waals surface area (Å²) in [6.07, 6.45) is 0.295. The van der Waals surface area contributed by atoms with Gasteiger partial charge in [0, 0.05) is 13.1 Å². The summed E-state index contributed by atoms with van der Waals surface area (Å²) in [5.41, 5.74) is 5.64. The van der Waals surface area contributed by atoms with Gasteiger partial charge in [0.05, 0.1) is 37.8 Å². The molecule has 1 aliphatic rings. The second-order valence-corrected chi connectivity index (χ2v) is 5.01. The van der Waals surface area contributed by atoms with Crippen molar-refractivity contribution in [3.05, 3.63) is 24.3 Å². The van der Waals surface area contributed by atoms with Crippen LogP contribution in [-0.2, 0) is 14.3 Å². The van der Waals surface area contributed by atoms with Gasteiger partial charge in [-0.1, -0.05) is 12.1 Å². The lowest BCUT2D eigenvalue weighted by Crippen LogP contribution is -2.40. The summed E-state index contributed by atoms with van der Waals surface area (Å²) in [6, 6.07) is 7.07. The first-order chi connectivity index (χ1) is 10.6. The number of hydrogen-bond acceptors (Lipinski definition) is 5. The number of carbonyl (C=O) groups excluding carboxylic acids is 2. The number of amides is 2. The number of nitrogens with two attached hydrogens (primary N) is 1. The van der Waals surface area contributed by atoms with Crippen molar-refractivity contribution >= 4 is 29.9 Å². The van der Waals surface area contributed by atoms with E-state index in [1.807, 2.05) is 0 Å². The smallest absolute Gasteiger partial charge is 0.227 e. The molecule has 2 amide bonds. The van der Waals surface area contributed by atoms with Crippen LogP contribution < -0.4 is 21.1 Å². The molecule has 1 saturated heterocycles. The second kappa shape index (κ2) is 10.0. The van der Waals surface area contributed by atoms with Gasteiger partial charge in [0.15, 0.2) is 0 Å². The van der Waals surface area contributed by atoms with Crippen LogP contribution in [0.3, 0.4) is 0 Å². The Hall–Kier alpha value is -1.83. The maximum absolute atomic E-state index is 12.1. The molecule has 1 fully saturated rings. The molecule has 0 bridgehead atoms. The van der Waals surface area contributed by atoms with Gasteiger partial charge >= 0.3 is 0 Å². The fourth-order valence-electron chi connectivity index (χ4n) is 2.12. The SMILES string of the molecule is Cl.NC(=O)CCOc1ccccc1NC(=O)CC1CNCCO1. The normalized spacial score (nSPS) is 17.0. The van der Waals surface area contributed by atoms with Crippen LogP contribution in [0, 0.1) is 0 Å². The molecule has 23 heavy (non-hydrogen) atoms. The maximum atomic E-state index is 12.1. The van der Waals surface area contributed by atoms with Gasteiger partial charge in [0.2, 0.25) is 11.8 Å². The maximum Gasteiger partial charge on any atom is 0.227 e. The number of nitrogens with one attached hydrogen (secondary N) is 2. The van der Waals surface area contributed by atoms with E-state index in [0.29, 0.717) is 24.6 Å². The van der Waals surface area contributed by atoms with E-state index in [1.54, 1.807) is 24.3 Å². The molecular weight excluding hydrogens is 322 g/mol. The van der Waals surface area contributed by atoms with Crippen molar-refractivity contribution in [2.45, 2.75) is 18.9 Å². The fraction of sp³-hybridized carbons (Fsp3) is 0.467. The van der Waals surface area contributed by atoms with Crippen molar-refractivity contribution in [2.75, 3.05) is 31.6 Å². The van der Waals surface area contributed by atoms with Gasteiger partial charge in [-0.2, -0.15) is 0 Å². The van der Waals surface area contributed by atoms with Crippen LogP contribution in [0.15, 0.2) is 24.3 Å². The molecule has 0 aliphatic carbocycles. The highest BCUT2D eigenvalue weighted by Crippen LogP contribution is 2.24. The first-order valence-corrected chi connectivity index (χ1v) is 7.27. The van der Waals surface area contributed by atoms with Crippen molar-refractivity contribution in [3.8, 4) is 5.75 Å². The molecule has 1 heterocycles. The molecule has 1 aromatic carbocycles. The summed E-state index contributed by atoms with van der Waals surface area (Å²) in [4.78, 5) is 22.8. The van der Waals surface area contributed by atoms with Gasteiger partial charge in [-0.3, -0.25) is 9.59 Å². The topological polar surface area (TPSA) is 103 Å². The van der Waals surface area contributed by atoms with E-state index >= 15 is 0 Å². The molecule has 0 aromatic heterocycles. The van der Waals surface area contributed by atoms with Crippen LogP contribution >= 0.6 is 12.4 Å². The minimum atomic E-state index is -0.427. The van der Waals surface area contributed by atoms with Crippen molar-refractivity contribution < 1.29 is 19.1 Å². The quantitative estimate of drug-likeness (QED) is 0.675. The lowest BCUT2D eigenvalue weighted by molar-refractivity contribution is -0.120. The number of rotatable bonds is 7. The molecule has 7 nitrogen and oxygen atoms in total. The van der Waals surface area contributed by atoms with Gasteiger partial charge in [-0.15, -0.1) is 12.4 Å². The zero-order chi connectivity index (χ0) is 15.8. The van der Waals surface area contributed by atoms with E-state index in [4.69, 9.17) is 15.2 Å². The van der Waals surface area contributed by atoms with Crippen LogP contribution in [0.2, 0.25) is 0 Å². The Balaban J connectivity index is 0.00000264. The molecule has 0 radical (unpaired) electrons. The number of para-hydroxylation sites is 2. The fourth-order valence-corrected chi connectivity index (χ4v) is 2.12. The van der Waals surface area contributed by atoms with Gasteiger partial charge in [-0.05, 0) is 12.1 Å². The first kappa shape index (κ1) is 19.2. The number of morpholine rings is 1. The lowest BCUT2D eigenvalue weighted by Gasteiger charge is -2.23. The van der Waals surface area contributed by atoms with Crippen LogP contribution in [0.25, 0.3) is 0 Å². The number of carbonyl (C=O) groups is 2. The molecule has 1 aromatic rings. The molecular formula is C15H22ClN3O4. The molecule has 128 valence electrons. The third kappa shape index (κ3) is 6.85. The number of hydrogen-bond donors (Lipinski definition) is 3. The average Bonchev–Trinajstić information content (AvgIpc) is 2.49. The van der Waals surface area contributed by atoms with Gasteiger partial charge in [-0.25, -0.2) is 0 Å². The van der Waals surface area contributed by atoms with Crippen molar-refractivity contribution in [1.29, 1.82) is 0 Å². The number of anilines is 1. The van der Waals surface area contributed by atoms with Crippen LogP contribution in [0.1, 0.15) is 12.8 Å². The van der Waals surface area contributed by atoms with Crippen molar-refractivity contribution in [1.82, 2.24) is 5.32 Å². The Labute approximate surface area is 141 Å². The highest BCUT2D eigenvalue weighted by molar-refractivity contribution is 5.92. The van der Waals surface area contributed by atoms with E-state index in [2.05, 4.69) is 10.6 Å². The Morgan fingerprint density at radius 3 is 2.87 bits per heavy atom. The summed E-state index contributed by atoms with van der Waals surface area (Å²) in [6.45, 7) is 2.28. The largest absolute Gasteiger partial charge is 0.491 e. The van der Waals surface area contributed by atoms with E-state index in [1.165, 1.54) is 0 Å². The van der Waals surface area contributed by atoms with Crippen molar-refractivity contribution in [2.24, 2.45) is 5.73 Å². The van der Waals surface area contributed by atoms with E-state index in [9.17, 15) is 9.59 Å². The van der Waals surface area contributed by atoms with Gasteiger partial charge in [0.25, 0.3) is 0 Å². The standard InChI is InChI=1S/C15H21N3O4.ClH/c16-14(19)5-7-22-13-4-2-1-3-12(13)18-15(20)9-11-10-17-6-8-21-11;/h1-4,11,17H,5-10H2,(H2,16,19)(H,18,20);1H. The zero-order valence-corrected chi connectivity index (χ0v) is 13.6. The van der Waals surface area contributed by atoms with Crippen LogP contribution in [0.5, 0.6) is 5.75 Å². The molecule has 0 saturated carbocycles. The lowest BCUT2D eigenvalue weighted by atomic mass is 10.2. The number of primary amides is 1. The molecule has 2 rings (SSSR count). The minimum Gasteiger partial charge on any atom is -0.491 e. The Morgan fingerprint density at radius 2 is 2.17 bits per heavy atom. The van der Waals surface area contributed by atoms with E-state index in [-0.39, 0.29) is 43.9 Å². The second-order valence-electron chi connectivity index (χ2n) is 5.01. The molecule has 8 heteroatoms. The Morgan fingerprint density at radius 1 is 1.39 bits per heavy atom. The third-order valence-electron chi connectivity index (χ3n) is 3.18. The summed E-state index contributed by atoms with van der Waals surface area (Å²) in [7, 11) is 0. The number of benzene rings is 1. The molecule has 1 atom stereocenters. The van der Waals surface area contributed by atoms with E-state index in [0.717, 1.165) is 6.54 Å². The van der Waals surface area contributed by atoms with Gasteiger partial charge < -0.3 is 25.8 Å².